The Morgan fingerprint density at radius 1 is 0.256 bits per heavy atom. The Morgan fingerprint density at radius 2 is 0.462 bits per heavy atom. The molecule has 0 heterocycles. The maximum atomic E-state index is 12.9. The monoisotopic (exact) mass is 1090 g/mol. The van der Waals surface area contributed by atoms with Crippen molar-refractivity contribution in [2.45, 2.75) is 367 Å². The van der Waals surface area contributed by atoms with Crippen LogP contribution in [-0.4, -0.2) is 37.2 Å². The Bertz CT molecular complexity index is 1390. The molecule has 0 aromatic heterocycles. The molecule has 0 N–H and O–H groups in total. The third-order valence-corrected chi connectivity index (χ3v) is 15.2. The van der Waals surface area contributed by atoms with E-state index in [9.17, 15) is 14.4 Å². The van der Waals surface area contributed by atoms with E-state index in [4.69, 9.17) is 14.2 Å². The van der Waals surface area contributed by atoms with E-state index in [0.717, 1.165) is 77.0 Å². The number of carbonyl (C=O) groups is 3. The standard InChI is InChI=1S/C72H130O6/c1-4-7-10-13-16-19-21-23-25-27-29-31-33-34-35-36-37-38-40-41-43-45-47-49-51-53-56-59-62-65-71(74)77-68-69(67-76-70(73)64-61-58-55-18-15-12-9-6-3)78-72(75)66-63-60-57-54-52-50-48-46-44-42-39-32-30-28-26-24-22-20-17-14-11-8-5-2/h21-24,27-30,33-34,69H,4-20,25-26,31-32,35-68H2,1-3H3/b23-21-,24-22-,29-27-,30-28-,34-33-. The lowest BCUT2D eigenvalue weighted by molar-refractivity contribution is -0.167. The second kappa shape index (κ2) is 66.6. The molecule has 0 aliphatic rings. The lowest BCUT2D eigenvalue weighted by atomic mass is 10.0. The summed E-state index contributed by atoms with van der Waals surface area (Å²) in [7, 11) is 0. The van der Waals surface area contributed by atoms with Crippen LogP contribution in [0.2, 0.25) is 0 Å². The van der Waals surface area contributed by atoms with Crippen molar-refractivity contribution in [3.63, 3.8) is 0 Å². The maximum absolute atomic E-state index is 12.9. The topological polar surface area (TPSA) is 78.9 Å². The molecule has 0 aliphatic carbocycles. The SMILES string of the molecule is CCCCCCC/C=C\C/C=C\C/C=C\CCCCCCCCCCCCCCCCC(=O)OCC(COC(=O)CCCCCCCCCC)OC(=O)CCCCCCCCCCCCC/C=C\C/C=C\CCCCCCC. The first-order valence-electron chi connectivity index (χ1n) is 34.3. The molecule has 6 nitrogen and oxygen atoms in total. The van der Waals surface area contributed by atoms with Crippen LogP contribution in [0.1, 0.15) is 361 Å². The predicted octanol–water partition coefficient (Wildman–Crippen LogP) is 23.5. The normalized spacial score (nSPS) is 12.4. The maximum Gasteiger partial charge on any atom is 0.306 e. The number of hydrogen-bond donors (Lipinski definition) is 0. The Kier molecular flexibility index (Phi) is 64.2. The third-order valence-electron chi connectivity index (χ3n) is 15.2. The quantitative estimate of drug-likeness (QED) is 0.0261. The number of ether oxygens (including phenoxy) is 3. The van der Waals surface area contributed by atoms with Crippen LogP contribution in [0.3, 0.4) is 0 Å². The molecular formula is C72H130O6. The van der Waals surface area contributed by atoms with Gasteiger partial charge in [-0.3, -0.25) is 14.4 Å². The Balaban J connectivity index is 4.11. The molecule has 0 saturated heterocycles. The lowest BCUT2D eigenvalue weighted by Crippen LogP contribution is -2.30. The Morgan fingerprint density at radius 3 is 0.718 bits per heavy atom. The van der Waals surface area contributed by atoms with Crippen molar-refractivity contribution in [2.24, 2.45) is 0 Å². The molecule has 0 spiro atoms. The molecule has 0 aromatic carbocycles. The smallest absolute Gasteiger partial charge is 0.306 e. The number of allylic oxidation sites excluding steroid dienone is 10. The fourth-order valence-electron chi connectivity index (χ4n) is 10.1. The van der Waals surface area contributed by atoms with Crippen LogP contribution in [-0.2, 0) is 28.6 Å². The summed E-state index contributed by atoms with van der Waals surface area (Å²) in [4.78, 5) is 38.2. The molecule has 0 bridgehead atoms. The minimum atomic E-state index is -0.773. The molecule has 0 rings (SSSR count). The van der Waals surface area contributed by atoms with E-state index in [1.807, 2.05) is 0 Å². The van der Waals surface area contributed by atoms with Gasteiger partial charge in [0.2, 0.25) is 0 Å². The van der Waals surface area contributed by atoms with E-state index in [1.165, 1.54) is 244 Å². The van der Waals surface area contributed by atoms with Crippen molar-refractivity contribution in [3.8, 4) is 0 Å². The van der Waals surface area contributed by atoms with Gasteiger partial charge in [0, 0.05) is 19.3 Å². The highest BCUT2D eigenvalue weighted by Gasteiger charge is 2.19. The summed E-state index contributed by atoms with van der Waals surface area (Å²) in [5.74, 6) is -0.859. The van der Waals surface area contributed by atoms with Gasteiger partial charge < -0.3 is 14.2 Å². The van der Waals surface area contributed by atoms with Gasteiger partial charge >= 0.3 is 17.9 Å². The average molecular weight is 1090 g/mol. The van der Waals surface area contributed by atoms with Gasteiger partial charge in [-0.2, -0.15) is 0 Å². The zero-order chi connectivity index (χ0) is 56.4. The molecule has 1 atom stereocenters. The fourth-order valence-corrected chi connectivity index (χ4v) is 10.1. The Labute approximate surface area is 485 Å². The molecule has 0 amide bonds. The first-order chi connectivity index (χ1) is 38.5. The van der Waals surface area contributed by atoms with Gasteiger partial charge in [0.05, 0.1) is 0 Å². The minimum absolute atomic E-state index is 0.0715. The van der Waals surface area contributed by atoms with E-state index in [-0.39, 0.29) is 31.1 Å². The van der Waals surface area contributed by atoms with Crippen molar-refractivity contribution in [1.82, 2.24) is 0 Å². The molecule has 0 saturated carbocycles. The second-order valence-corrected chi connectivity index (χ2v) is 23.1. The number of unbranched alkanes of at least 4 members (excludes halogenated alkanes) is 42. The average Bonchev–Trinajstić information content (AvgIpc) is 3.44. The van der Waals surface area contributed by atoms with Gasteiger partial charge in [0.1, 0.15) is 13.2 Å². The van der Waals surface area contributed by atoms with Crippen LogP contribution in [0.15, 0.2) is 60.8 Å². The lowest BCUT2D eigenvalue weighted by Gasteiger charge is -2.18. The molecular weight excluding hydrogens is 961 g/mol. The van der Waals surface area contributed by atoms with Gasteiger partial charge in [0.25, 0.3) is 0 Å². The summed E-state index contributed by atoms with van der Waals surface area (Å²) in [6, 6.07) is 0. The predicted molar refractivity (Wildman–Crippen MR) is 339 cm³/mol. The summed E-state index contributed by atoms with van der Waals surface area (Å²) in [6.07, 6.45) is 85.5. The number of hydrogen-bond acceptors (Lipinski definition) is 6. The van der Waals surface area contributed by atoms with Gasteiger partial charge in [-0.05, 0) is 89.9 Å². The summed E-state index contributed by atoms with van der Waals surface area (Å²) < 4.78 is 16.9. The van der Waals surface area contributed by atoms with E-state index in [0.29, 0.717) is 19.3 Å². The molecule has 0 aromatic rings. The number of esters is 3. The van der Waals surface area contributed by atoms with Gasteiger partial charge in [0.15, 0.2) is 6.10 Å². The van der Waals surface area contributed by atoms with Crippen LogP contribution in [0, 0.1) is 0 Å². The first-order valence-corrected chi connectivity index (χ1v) is 34.3. The number of carbonyl (C=O) groups excluding carboxylic acids is 3. The first kappa shape index (κ1) is 75.1. The minimum Gasteiger partial charge on any atom is -0.462 e. The summed E-state index contributed by atoms with van der Waals surface area (Å²) >= 11 is 0. The molecule has 78 heavy (non-hydrogen) atoms. The van der Waals surface area contributed by atoms with Crippen LogP contribution in [0.5, 0.6) is 0 Å². The molecule has 0 aliphatic heterocycles. The molecule has 454 valence electrons. The molecule has 0 fully saturated rings. The van der Waals surface area contributed by atoms with Gasteiger partial charge in [-0.1, -0.05) is 313 Å². The zero-order valence-corrected chi connectivity index (χ0v) is 52.2. The van der Waals surface area contributed by atoms with Crippen molar-refractivity contribution >= 4 is 17.9 Å². The van der Waals surface area contributed by atoms with Crippen LogP contribution in [0.25, 0.3) is 0 Å². The van der Waals surface area contributed by atoms with E-state index in [1.54, 1.807) is 0 Å². The van der Waals surface area contributed by atoms with E-state index in [2.05, 4.69) is 81.5 Å². The molecule has 1 unspecified atom stereocenters. The van der Waals surface area contributed by atoms with Crippen LogP contribution >= 0.6 is 0 Å². The Hall–Kier alpha value is -2.89. The van der Waals surface area contributed by atoms with Crippen molar-refractivity contribution in [2.75, 3.05) is 13.2 Å². The summed E-state index contributed by atoms with van der Waals surface area (Å²) in [5.41, 5.74) is 0. The van der Waals surface area contributed by atoms with Gasteiger partial charge in [-0.25, -0.2) is 0 Å². The van der Waals surface area contributed by atoms with Crippen molar-refractivity contribution in [1.29, 1.82) is 0 Å². The van der Waals surface area contributed by atoms with Crippen LogP contribution < -0.4 is 0 Å². The van der Waals surface area contributed by atoms with Crippen molar-refractivity contribution in [3.05, 3.63) is 60.8 Å². The highest BCUT2D eigenvalue weighted by molar-refractivity contribution is 5.71. The summed E-state index contributed by atoms with van der Waals surface area (Å²) in [5, 5.41) is 0. The van der Waals surface area contributed by atoms with Gasteiger partial charge in [-0.15, -0.1) is 0 Å². The fraction of sp³-hybridized carbons (Fsp3) is 0.819. The highest BCUT2D eigenvalue weighted by atomic mass is 16.6. The van der Waals surface area contributed by atoms with E-state index < -0.39 is 6.10 Å². The van der Waals surface area contributed by atoms with Crippen molar-refractivity contribution < 1.29 is 28.6 Å². The largest absolute Gasteiger partial charge is 0.462 e. The third kappa shape index (κ3) is 63.9. The van der Waals surface area contributed by atoms with E-state index >= 15 is 0 Å². The highest BCUT2D eigenvalue weighted by Crippen LogP contribution is 2.17. The van der Waals surface area contributed by atoms with Crippen LogP contribution in [0.4, 0.5) is 0 Å². The molecule has 0 radical (unpaired) electrons. The second-order valence-electron chi connectivity index (χ2n) is 23.1. The number of rotatable bonds is 63. The zero-order valence-electron chi connectivity index (χ0n) is 52.2. The molecule has 6 heteroatoms. The summed E-state index contributed by atoms with van der Waals surface area (Å²) in [6.45, 7) is 6.63.